The minimum Gasteiger partial charge on any atom is -0.369 e. The lowest BCUT2D eigenvalue weighted by Gasteiger charge is -2.25. The number of ether oxygens (including phenoxy) is 1. The van der Waals surface area contributed by atoms with Crippen molar-refractivity contribution in [3.63, 3.8) is 0 Å². The summed E-state index contributed by atoms with van der Waals surface area (Å²) < 4.78 is 8.39. The van der Waals surface area contributed by atoms with Crippen LogP contribution in [0.4, 0.5) is 0 Å². The number of hydrogen-bond acceptors (Lipinski definition) is 3. The topological polar surface area (TPSA) is 26.5 Å². The van der Waals surface area contributed by atoms with Gasteiger partial charge in [0.15, 0.2) is 4.96 Å². The van der Waals surface area contributed by atoms with E-state index in [0.717, 1.165) is 6.42 Å². The first-order valence-electron chi connectivity index (χ1n) is 6.91. The van der Waals surface area contributed by atoms with E-state index >= 15 is 0 Å². The van der Waals surface area contributed by atoms with E-state index in [9.17, 15) is 0 Å². The van der Waals surface area contributed by atoms with Crippen LogP contribution in [0.25, 0.3) is 4.96 Å². The molecule has 3 heterocycles. The fourth-order valence-electron chi connectivity index (χ4n) is 3.40. The van der Waals surface area contributed by atoms with E-state index in [1.807, 2.05) is 11.3 Å². The highest BCUT2D eigenvalue weighted by molar-refractivity contribution is 7.17. The monoisotopic (exact) mass is 262 g/mol. The average molecular weight is 262 g/mol. The molecule has 4 rings (SSSR count). The summed E-state index contributed by atoms with van der Waals surface area (Å²) in [5.41, 5.74) is 4.10. The zero-order valence-electron chi connectivity index (χ0n) is 10.9. The quantitative estimate of drug-likeness (QED) is 0.728. The molecule has 0 radical (unpaired) electrons. The molecule has 96 valence electrons. The molecular weight excluding hydrogens is 244 g/mol. The third kappa shape index (κ3) is 1.42. The first kappa shape index (κ1) is 11.0. The van der Waals surface area contributed by atoms with E-state index in [4.69, 9.17) is 9.72 Å². The van der Waals surface area contributed by atoms with E-state index in [-0.39, 0.29) is 6.10 Å². The molecule has 3 nitrogen and oxygen atoms in total. The summed E-state index contributed by atoms with van der Waals surface area (Å²) >= 11 is 1.89. The van der Waals surface area contributed by atoms with Crippen molar-refractivity contribution in [3.05, 3.63) is 22.0 Å². The maximum atomic E-state index is 5.98. The van der Waals surface area contributed by atoms with Crippen LogP contribution in [-0.4, -0.2) is 15.5 Å². The lowest BCUT2D eigenvalue weighted by Crippen LogP contribution is -2.23. The molecule has 0 amide bonds. The van der Waals surface area contributed by atoms with Gasteiger partial charge < -0.3 is 4.74 Å². The van der Waals surface area contributed by atoms with Crippen LogP contribution in [0.2, 0.25) is 0 Å². The molecule has 0 fully saturated rings. The van der Waals surface area contributed by atoms with Crippen molar-refractivity contribution in [1.82, 2.24) is 9.38 Å². The first-order chi connectivity index (χ1) is 8.74. The highest BCUT2D eigenvalue weighted by Crippen LogP contribution is 2.37. The number of aromatic nitrogens is 2. The molecule has 2 unspecified atom stereocenters. The molecule has 2 aromatic rings. The highest BCUT2D eigenvalue weighted by atomic mass is 32.1. The Labute approximate surface area is 111 Å². The van der Waals surface area contributed by atoms with Gasteiger partial charge in [0.1, 0.15) is 0 Å². The van der Waals surface area contributed by atoms with Crippen LogP contribution < -0.4 is 0 Å². The molecule has 2 atom stereocenters. The minimum absolute atomic E-state index is 0.180. The Hall–Kier alpha value is -0.870. The molecule has 1 aliphatic carbocycles. The lowest BCUT2D eigenvalue weighted by atomic mass is 10.0. The van der Waals surface area contributed by atoms with Crippen LogP contribution >= 0.6 is 11.3 Å². The fourth-order valence-corrected chi connectivity index (χ4v) is 4.64. The summed E-state index contributed by atoms with van der Waals surface area (Å²) in [5, 5.41) is 0. The summed E-state index contributed by atoms with van der Waals surface area (Å²) in [5.74, 6) is 0. The minimum atomic E-state index is 0.180. The van der Waals surface area contributed by atoms with Gasteiger partial charge in [-0.15, -0.1) is 11.3 Å². The number of hydrogen-bond donors (Lipinski definition) is 0. The molecule has 0 saturated carbocycles. The van der Waals surface area contributed by atoms with Gasteiger partial charge in [0.05, 0.1) is 23.6 Å². The molecule has 1 aliphatic heterocycles. The van der Waals surface area contributed by atoms with Crippen molar-refractivity contribution in [2.75, 3.05) is 0 Å². The smallest absolute Gasteiger partial charge is 0.194 e. The van der Waals surface area contributed by atoms with Gasteiger partial charge in [0.2, 0.25) is 0 Å². The first-order valence-corrected chi connectivity index (χ1v) is 7.73. The van der Waals surface area contributed by atoms with E-state index in [0.29, 0.717) is 6.10 Å². The molecule has 0 bridgehead atoms. The van der Waals surface area contributed by atoms with Crippen LogP contribution in [0.1, 0.15) is 54.8 Å². The standard InChI is InChI=1S/C14H18N2OS/c1-8-7-10-13(9(2)17-8)16-11-5-3-4-6-12(11)18-14(16)15-10/h8-9H,3-7H2,1-2H3. The molecule has 4 heteroatoms. The summed E-state index contributed by atoms with van der Waals surface area (Å²) in [6.45, 7) is 4.30. The molecule has 0 aromatic carbocycles. The van der Waals surface area contributed by atoms with Crippen LogP contribution in [0, 0.1) is 0 Å². The van der Waals surface area contributed by atoms with Crippen molar-refractivity contribution in [1.29, 1.82) is 0 Å². The van der Waals surface area contributed by atoms with Gasteiger partial charge in [-0.1, -0.05) is 0 Å². The maximum Gasteiger partial charge on any atom is 0.194 e. The average Bonchev–Trinajstić information content (AvgIpc) is 2.83. The summed E-state index contributed by atoms with van der Waals surface area (Å²) in [7, 11) is 0. The molecule has 0 saturated heterocycles. The fraction of sp³-hybridized carbons (Fsp3) is 0.643. The lowest BCUT2D eigenvalue weighted by molar-refractivity contribution is -0.00844. The zero-order chi connectivity index (χ0) is 12.3. The van der Waals surface area contributed by atoms with Crippen molar-refractivity contribution in [2.24, 2.45) is 0 Å². The van der Waals surface area contributed by atoms with Gasteiger partial charge in [-0.3, -0.25) is 4.40 Å². The Morgan fingerprint density at radius 1 is 1.28 bits per heavy atom. The normalized spacial score (nSPS) is 27.2. The van der Waals surface area contributed by atoms with E-state index < -0.39 is 0 Å². The third-order valence-corrected chi connectivity index (χ3v) is 5.28. The Bertz CT molecular complexity index is 613. The molecule has 18 heavy (non-hydrogen) atoms. The Morgan fingerprint density at radius 3 is 3.00 bits per heavy atom. The van der Waals surface area contributed by atoms with Crippen LogP contribution in [0.3, 0.4) is 0 Å². The molecular formula is C14H18N2OS. The predicted molar refractivity (Wildman–Crippen MR) is 72.4 cm³/mol. The Balaban J connectivity index is 1.97. The summed E-state index contributed by atoms with van der Waals surface area (Å²) in [6, 6.07) is 0. The van der Waals surface area contributed by atoms with Crippen molar-refractivity contribution in [3.8, 4) is 0 Å². The van der Waals surface area contributed by atoms with Crippen LogP contribution in [0.5, 0.6) is 0 Å². The van der Waals surface area contributed by atoms with Crippen molar-refractivity contribution < 1.29 is 4.74 Å². The largest absolute Gasteiger partial charge is 0.369 e. The van der Waals surface area contributed by atoms with Gasteiger partial charge >= 0.3 is 0 Å². The predicted octanol–water partition coefficient (Wildman–Crippen LogP) is 3.30. The SMILES string of the molecule is CC1Cc2nc3sc4c(n3c2C(C)O1)CCCC4. The molecule has 0 spiro atoms. The Kier molecular flexibility index (Phi) is 2.33. The Morgan fingerprint density at radius 2 is 2.11 bits per heavy atom. The van der Waals surface area contributed by atoms with Crippen molar-refractivity contribution in [2.45, 2.75) is 58.2 Å². The summed E-state index contributed by atoms with van der Waals surface area (Å²) in [6.07, 6.45) is 6.54. The van der Waals surface area contributed by atoms with E-state index in [1.54, 1.807) is 4.88 Å². The van der Waals surface area contributed by atoms with Gasteiger partial charge in [0, 0.05) is 17.0 Å². The third-order valence-electron chi connectivity index (χ3n) is 4.13. The number of imidazole rings is 1. The number of fused-ring (bicyclic) bond motifs is 5. The number of thiazole rings is 1. The van der Waals surface area contributed by atoms with Gasteiger partial charge in [-0.05, 0) is 39.5 Å². The zero-order valence-corrected chi connectivity index (χ0v) is 11.7. The van der Waals surface area contributed by atoms with E-state index in [1.165, 1.54) is 47.7 Å². The van der Waals surface area contributed by atoms with Crippen LogP contribution in [0.15, 0.2) is 0 Å². The number of rotatable bonds is 0. The number of nitrogens with zero attached hydrogens (tertiary/aromatic N) is 2. The van der Waals surface area contributed by atoms with E-state index in [2.05, 4.69) is 18.2 Å². The summed E-state index contributed by atoms with van der Waals surface area (Å²) in [4.78, 5) is 7.60. The second-order valence-corrected chi connectivity index (χ2v) is 6.60. The number of aryl methyl sites for hydroxylation is 2. The van der Waals surface area contributed by atoms with Gasteiger partial charge in [0.25, 0.3) is 0 Å². The second kappa shape index (κ2) is 3.81. The van der Waals surface area contributed by atoms with Gasteiger partial charge in [-0.2, -0.15) is 0 Å². The maximum absolute atomic E-state index is 5.98. The highest BCUT2D eigenvalue weighted by Gasteiger charge is 2.30. The molecule has 0 N–H and O–H groups in total. The van der Waals surface area contributed by atoms with Gasteiger partial charge in [-0.25, -0.2) is 4.98 Å². The van der Waals surface area contributed by atoms with Crippen LogP contribution in [-0.2, 0) is 24.0 Å². The van der Waals surface area contributed by atoms with Crippen molar-refractivity contribution >= 4 is 16.3 Å². The second-order valence-electron chi connectivity index (χ2n) is 5.53. The molecule has 2 aliphatic rings. The molecule has 2 aromatic heterocycles.